The molecular formula is C14H15FN2O2S. The van der Waals surface area contributed by atoms with Crippen molar-refractivity contribution in [3.8, 4) is 0 Å². The Bertz CT molecular complexity index is 730. The molecule has 6 heteroatoms. The minimum Gasteiger partial charge on any atom is -0.396 e. The van der Waals surface area contributed by atoms with Crippen LogP contribution in [0, 0.1) is 5.82 Å². The summed E-state index contributed by atoms with van der Waals surface area (Å²) in [5, 5.41) is 0. The molecule has 0 atom stereocenters. The third-order valence-electron chi connectivity index (χ3n) is 2.87. The fourth-order valence-corrected chi connectivity index (χ4v) is 2.84. The Balaban J connectivity index is 2.32. The number of nitrogens with one attached hydrogen (secondary N) is 1. The Labute approximate surface area is 117 Å². The summed E-state index contributed by atoms with van der Waals surface area (Å²) in [6, 6.07) is 10.4. The second-order valence-corrected chi connectivity index (χ2v) is 6.03. The van der Waals surface area contributed by atoms with Crippen LogP contribution >= 0.6 is 0 Å². The highest BCUT2D eigenvalue weighted by Crippen LogP contribution is 2.20. The van der Waals surface area contributed by atoms with E-state index < -0.39 is 15.8 Å². The second kappa shape index (κ2) is 5.50. The van der Waals surface area contributed by atoms with Crippen molar-refractivity contribution >= 4 is 21.4 Å². The van der Waals surface area contributed by atoms with Gasteiger partial charge < -0.3 is 5.73 Å². The standard InChI is InChI=1S/C14H15FN2O2S/c1-2-10-4-3-5-11(8-10)17-20(18,19)12-6-7-13(15)14(16)9-12/h3-9,17H,2,16H2,1H3. The third kappa shape index (κ3) is 3.08. The van der Waals surface area contributed by atoms with Crippen LogP contribution in [0.3, 0.4) is 0 Å². The van der Waals surface area contributed by atoms with Gasteiger partial charge in [-0.15, -0.1) is 0 Å². The molecular weight excluding hydrogens is 279 g/mol. The monoisotopic (exact) mass is 294 g/mol. The van der Waals surface area contributed by atoms with Gasteiger partial charge in [0.2, 0.25) is 0 Å². The summed E-state index contributed by atoms with van der Waals surface area (Å²) in [5.74, 6) is -0.642. The van der Waals surface area contributed by atoms with Gasteiger partial charge in [-0.2, -0.15) is 0 Å². The lowest BCUT2D eigenvalue weighted by molar-refractivity contribution is 0.600. The molecule has 0 aliphatic heterocycles. The van der Waals surface area contributed by atoms with Crippen LogP contribution < -0.4 is 10.5 Å². The Kier molecular flexibility index (Phi) is 3.94. The molecule has 0 unspecified atom stereocenters. The average molecular weight is 294 g/mol. The van der Waals surface area contributed by atoms with E-state index in [0.29, 0.717) is 5.69 Å². The molecule has 2 aromatic rings. The van der Waals surface area contributed by atoms with Gasteiger partial charge in [-0.05, 0) is 42.3 Å². The number of nitrogen functional groups attached to an aromatic ring is 1. The van der Waals surface area contributed by atoms with Crippen molar-refractivity contribution in [1.82, 2.24) is 0 Å². The number of halogens is 1. The van der Waals surface area contributed by atoms with Gasteiger partial charge in [-0.25, -0.2) is 12.8 Å². The fourth-order valence-electron chi connectivity index (χ4n) is 1.76. The molecule has 0 amide bonds. The molecule has 2 rings (SSSR count). The van der Waals surface area contributed by atoms with Gasteiger partial charge in [0.15, 0.2) is 0 Å². The van der Waals surface area contributed by atoms with Crippen LogP contribution in [0.15, 0.2) is 47.4 Å². The van der Waals surface area contributed by atoms with Crippen molar-refractivity contribution in [1.29, 1.82) is 0 Å². The molecule has 20 heavy (non-hydrogen) atoms. The SMILES string of the molecule is CCc1cccc(NS(=O)(=O)c2ccc(F)c(N)c2)c1. The Hall–Kier alpha value is -2.08. The number of rotatable bonds is 4. The van der Waals surface area contributed by atoms with Crippen molar-refractivity contribution < 1.29 is 12.8 Å². The number of hydrogen-bond acceptors (Lipinski definition) is 3. The van der Waals surface area contributed by atoms with Gasteiger partial charge in [0.25, 0.3) is 10.0 Å². The highest BCUT2D eigenvalue weighted by Gasteiger charge is 2.15. The maximum Gasteiger partial charge on any atom is 0.261 e. The molecule has 0 spiro atoms. The number of benzene rings is 2. The van der Waals surface area contributed by atoms with Crippen LogP contribution in [0.4, 0.5) is 15.8 Å². The number of anilines is 2. The first-order chi connectivity index (χ1) is 9.42. The van der Waals surface area contributed by atoms with Gasteiger partial charge in [-0.3, -0.25) is 4.72 Å². The molecule has 0 aliphatic rings. The lowest BCUT2D eigenvalue weighted by Gasteiger charge is -2.10. The van der Waals surface area contributed by atoms with Gasteiger partial charge in [0.1, 0.15) is 5.82 Å². The predicted molar refractivity (Wildman–Crippen MR) is 77.4 cm³/mol. The molecule has 2 aromatic carbocycles. The number of hydrogen-bond donors (Lipinski definition) is 2. The van der Waals surface area contributed by atoms with E-state index in [2.05, 4.69) is 4.72 Å². The Morgan fingerprint density at radius 3 is 2.60 bits per heavy atom. The van der Waals surface area contributed by atoms with Crippen LogP contribution in [-0.2, 0) is 16.4 Å². The number of nitrogens with two attached hydrogens (primary N) is 1. The first-order valence-electron chi connectivity index (χ1n) is 6.09. The summed E-state index contributed by atoms with van der Waals surface area (Å²) < 4.78 is 39.9. The van der Waals surface area contributed by atoms with Crippen LogP contribution in [-0.4, -0.2) is 8.42 Å². The first-order valence-corrected chi connectivity index (χ1v) is 7.57. The zero-order valence-corrected chi connectivity index (χ0v) is 11.7. The van der Waals surface area contributed by atoms with Crippen molar-refractivity contribution in [3.63, 3.8) is 0 Å². The van der Waals surface area contributed by atoms with E-state index in [1.807, 2.05) is 13.0 Å². The Morgan fingerprint density at radius 1 is 1.20 bits per heavy atom. The molecule has 0 bridgehead atoms. The van der Waals surface area contributed by atoms with E-state index >= 15 is 0 Å². The topological polar surface area (TPSA) is 72.2 Å². The van der Waals surface area contributed by atoms with Crippen molar-refractivity contribution in [3.05, 3.63) is 53.8 Å². The van der Waals surface area contributed by atoms with Crippen molar-refractivity contribution in [2.75, 3.05) is 10.5 Å². The summed E-state index contributed by atoms with van der Waals surface area (Å²) in [6.45, 7) is 1.98. The van der Waals surface area contributed by atoms with Gasteiger partial charge >= 0.3 is 0 Å². The minimum absolute atomic E-state index is 0.0710. The molecule has 4 nitrogen and oxygen atoms in total. The maximum absolute atomic E-state index is 13.1. The van der Waals surface area contributed by atoms with Crippen molar-refractivity contribution in [2.24, 2.45) is 0 Å². The van der Waals surface area contributed by atoms with Crippen LogP contribution in [0.25, 0.3) is 0 Å². The summed E-state index contributed by atoms with van der Waals surface area (Å²) in [6.07, 6.45) is 0.805. The Morgan fingerprint density at radius 2 is 1.95 bits per heavy atom. The zero-order valence-electron chi connectivity index (χ0n) is 10.9. The number of aryl methyl sites for hydroxylation is 1. The molecule has 3 N–H and O–H groups in total. The zero-order chi connectivity index (χ0) is 14.8. The molecule has 106 valence electrons. The third-order valence-corrected chi connectivity index (χ3v) is 4.24. The molecule has 0 saturated carbocycles. The highest BCUT2D eigenvalue weighted by atomic mass is 32.2. The summed E-state index contributed by atoms with van der Waals surface area (Å²) >= 11 is 0. The van der Waals surface area contributed by atoms with E-state index in [9.17, 15) is 12.8 Å². The predicted octanol–water partition coefficient (Wildman–Crippen LogP) is 2.77. The van der Waals surface area contributed by atoms with E-state index in [1.54, 1.807) is 18.2 Å². The van der Waals surface area contributed by atoms with Crippen LogP contribution in [0.1, 0.15) is 12.5 Å². The quantitative estimate of drug-likeness (QED) is 0.852. The maximum atomic E-state index is 13.1. The molecule has 0 fully saturated rings. The van der Waals surface area contributed by atoms with E-state index in [4.69, 9.17) is 5.73 Å². The molecule has 0 heterocycles. The largest absolute Gasteiger partial charge is 0.396 e. The number of sulfonamides is 1. The average Bonchev–Trinajstić information content (AvgIpc) is 2.41. The lowest BCUT2D eigenvalue weighted by Crippen LogP contribution is -2.13. The lowest BCUT2D eigenvalue weighted by atomic mass is 10.1. The fraction of sp³-hybridized carbons (Fsp3) is 0.143. The highest BCUT2D eigenvalue weighted by molar-refractivity contribution is 7.92. The van der Waals surface area contributed by atoms with Gasteiger partial charge in [0, 0.05) is 5.69 Å². The summed E-state index contributed by atoms with van der Waals surface area (Å²) in [4.78, 5) is -0.0710. The van der Waals surface area contributed by atoms with Gasteiger partial charge in [0.05, 0.1) is 10.6 Å². The van der Waals surface area contributed by atoms with Gasteiger partial charge in [-0.1, -0.05) is 19.1 Å². The molecule has 0 aliphatic carbocycles. The van der Waals surface area contributed by atoms with E-state index in [-0.39, 0.29) is 10.6 Å². The first kappa shape index (κ1) is 14.3. The second-order valence-electron chi connectivity index (χ2n) is 4.34. The normalized spacial score (nSPS) is 11.3. The van der Waals surface area contributed by atoms with Crippen molar-refractivity contribution in [2.45, 2.75) is 18.2 Å². The summed E-state index contributed by atoms with van der Waals surface area (Å²) in [5.41, 5.74) is 6.67. The summed E-state index contributed by atoms with van der Waals surface area (Å²) in [7, 11) is -3.77. The molecule has 0 radical (unpaired) electrons. The van der Waals surface area contributed by atoms with E-state index in [1.165, 1.54) is 6.07 Å². The smallest absolute Gasteiger partial charge is 0.261 e. The minimum atomic E-state index is -3.77. The van der Waals surface area contributed by atoms with Crippen LogP contribution in [0.2, 0.25) is 0 Å². The molecule has 0 saturated heterocycles. The van der Waals surface area contributed by atoms with E-state index in [0.717, 1.165) is 24.1 Å². The van der Waals surface area contributed by atoms with Crippen LogP contribution in [0.5, 0.6) is 0 Å². The molecule has 0 aromatic heterocycles.